The summed E-state index contributed by atoms with van der Waals surface area (Å²) in [5, 5.41) is 8.67. The van der Waals surface area contributed by atoms with Gasteiger partial charge in [0.1, 0.15) is 0 Å². The Morgan fingerprint density at radius 3 is 2.57 bits per heavy atom. The lowest BCUT2D eigenvalue weighted by molar-refractivity contribution is 0.145. The van der Waals surface area contributed by atoms with Gasteiger partial charge in [0.2, 0.25) is 5.95 Å². The molecule has 0 saturated heterocycles. The van der Waals surface area contributed by atoms with E-state index in [1.165, 1.54) is 0 Å². The van der Waals surface area contributed by atoms with Crippen molar-refractivity contribution in [2.75, 3.05) is 0 Å². The number of alkyl halides is 3. The number of aromatic nitrogens is 1. The Labute approximate surface area is 83.3 Å². The van der Waals surface area contributed by atoms with Gasteiger partial charge in [0.15, 0.2) is 0 Å². The van der Waals surface area contributed by atoms with Gasteiger partial charge in [-0.1, -0.05) is 0 Å². The zero-order valence-electron chi connectivity index (χ0n) is 6.98. The summed E-state index contributed by atoms with van der Waals surface area (Å²) < 4.78 is 37.7. The van der Waals surface area contributed by atoms with Crippen LogP contribution in [0, 0.1) is 5.95 Å². The van der Waals surface area contributed by atoms with Crippen molar-refractivity contribution in [3.63, 3.8) is 0 Å². The molecule has 0 aliphatic rings. The van der Waals surface area contributed by atoms with Gasteiger partial charge < -0.3 is 5.11 Å². The van der Waals surface area contributed by atoms with E-state index in [9.17, 15) is 13.2 Å². The zero-order valence-corrected chi connectivity index (χ0v) is 7.73. The predicted octanol–water partition coefficient (Wildman–Crippen LogP) is 2.39. The molecule has 0 aliphatic heterocycles. The minimum Gasteiger partial charge on any atom is -0.391 e. The van der Waals surface area contributed by atoms with E-state index < -0.39 is 30.1 Å². The van der Waals surface area contributed by atoms with E-state index in [1.54, 1.807) is 0 Å². The number of rotatable bonds is 3. The molecular weight excluding hydrogens is 219 g/mol. The number of aliphatic hydroxyl groups is 1. The molecule has 14 heavy (non-hydrogen) atoms. The van der Waals surface area contributed by atoms with E-state index in [4.69, 9.17) is 16.7 Å². The van der Waals surface area contributed by atoms with Crippen molar-refractivity contribution in [1.82, 2.24) is 4.98 Å². The van der Waals surface area contributed by atoms with Gasteiger partial charge >= 0.3 is 0 Å². The third-order valence-corrected chi connectivity index (χ3v) is 1.97. The van der Waals surface area contributed by atoms with Gasteiger partial charge in [0, 0.05) is 11.1 Å². The van der Waals surface area contributed by atoms with E-state index in [0.717, 1.165) is 6.07 Å². The van der Waals surface area contributed by atoms with Gasteiger partial charge in [-0.15, -0.1) is 11.6 Å². The van der Waals surface area contributed by atoms with Crippen molar-refractivity contribution in [3.05, 3.63) is 28.8 Å². The number of aliphatic hydroxyl groups excluding tert-OH is 1. The minimum atomic E-state index is -2.85. The molecule has 1 heterocycles. The van der Waals surface area contributed by atoms with Crippen molar-refractivity contribution >= 4 is 11.6 Å². The molecular formula is C8H7ClF3NO. The first-order chi connectivity index (χ1) is 6.60. The average molecular weight is 226 g/mol. The Bertz CT molecular complexity index is 333. The van der Waals surface area contributed by atoms with Crippen molar-refractivity contribution in [1.29, 1.82) is 0 Å². The number of nitrogens with zero attached hydrogens (tertiary/aromatic N) is 1. The summed E-state index contributed by atoms with van der Waals surface area (Å²) in [6.07, 6.45) is -2.85. The van der Waals surface area contributed by atoms with Crippen molar-refractivity contribution in [3.8, 4) is 0 Å². The van der Waals surface area contributed by atoms with Crippen LogP contribution in [0.5, 0.6) is 0 Å². The summed E-state index contributed by atoms with van der Waals surface area (Å²) in [5.41, 5.74) is -1.01. The molecule has 1 rings (SSSR count). The minimum absolute atomic E-state index is 0.0247. The second-order valence-electron chi connectivity index (χ2n) is 2.56. The van der Waals surface area contributed by atoms with Crippen LogP contribution >= 0.6 is 11.6 Å². The summed E-state index contributed by atoms with van der Waals surface area (Å²) in [5.74, 6) is -1.25. The van der Waals surface area contributed by atoms with E-state index in [-0.39, 0.29) is 11.6 Å². The van der Waals surface area contributed by atoms with Crippen LogP contribution < -0.4 is 0 Å². The molecule has 6 heteroatoms. The van der Waals surface area contributed by atoms with Gasteiger partial charge in [-0.05, 0) is 6.07 Å². The molecule has 0 spiro atoms. The van der Waals surface area contributed by atoms with Crippen LogP contribution in [-0.4, -0.2) is 10.1 Å². The molecule has 0 saturated carbocycles. The van der Waals surface area contributed by atoms with Crippen molar-refractivity contribution in [2.24, 2.45) is 0 Å². The zero-order chi connectivity index (χ0) is 10.7. The van der Waals surface area contributed by atoms with Crippen molar-refractivity contribution < 1.29 is 18.3 Å². The normalized spacial score (nSPS) is 11.0. The van der Waals surface area contributed by atoms with Crippen LogP contribution in [0.4, 0.5) is 13.2 Å². The van der Waals surface area contributed by atoms with Gasteiger partial charge in [0.05, 0.1) is 18.2 Å². The molecule has 1 aromatic rings. The van der Waals surface area contributed by atoms with Gasteiger partial charge in [-0.2, -0.15) is 4.39 Å². The van der Waals surface area contributed by atoms with Crippen molar-refractivity contribution in [2.45, 2.75) is 18.9 Å². The van der Waals surface area contributed by atoms with E-state index in [0.29, 0.717) is 0 Å². The summed E-state index contributed by atoms with van der Waals surface area (Å²) in [7, 11) is 0. The number of pyridine rings is 1. The lowest BCUT2D eigenvalue weighted by atomic mass is 10.1. The fraction of sp³-hybridized carbons (Fsp3) is 0.375. The molecule has 0 radical (unpaired) electrons. The maximum Gasteiger partial charge on any atom is 0.264 e. The molecule has 1 N–H and O–H groups in total. The molecule has 0 aliphatic carbocycles. The first-order valence-electron chi connectivity index (χ1n) is 3.73. The monoisotopic (exact) mass is 225 g/mol. The second-order valence-corrected chi connectivity index (χ2v) is 2.83. The fourth-order valence-electron chi connectivity index (χ4n) is 1.03. The molecule has 0 atom stereocenters. The summed E-state index contributed by atoms with van der Waals surface area (Å²) in [6.45, 7) is -0.804. The Balaban J connectivity index is 3.28. The first kappa shape index (κ1) is 11.3. The summed E-state index contributed by atoms with van der Waals surface area (Å²) in [4.78, 5) is 3.31. The second kappa shape index (κ2) is 4.61. The number of halogens is 4. The van der Waals surface area contributed by atoms with Crippen LogP contribution in [0.3, 0.4) is 0 Å². The maximum absolute atomic E-state index is 13.0. The number of hydrogen-bond acceptors (Lipinski definition) is 2. The lowest BCUT2D eigenvalue weighted by Crippen LogP contribution is -2.04. The predicted molar refractivity (Wildman–Crippen MR) is 44.6 cm³/mol. The molecule has 0 fully saturated rings. The largest absolute Gasteiger partial charge is 0.391 e. The number of hydrogen-bond donors (Lipinski definition) is 1. The van der Waals surface area contributed by atoms with E-state index in [1.807, 2.05) is 0 Å². The van der Waals surface area contributed by atoms with Crippen LogP contribution in [0.1, 0.15) is 23.2 Å². The summed E-state index contributed by atoms with van der Waals surface area (Å²) >= 11 is 5.33. The van der Waals surface area contributed by atoms with Gasteiger partial charge in [-0.3, -0.25) is 0 Å². The Hall–Kier alpha value is -0.810. The molecule has 0 unspecified atom stereocenters. The SMILES string of the molecule is OCc1c(C(F)F)cc(CCl)nc1F. The van der Waals surface area contributed by atoms with Crippen LogP contribution in [0.25, 0.3) is 0 Å². The fourth-order valence-corrected chi connectivity index (χ4v) is 1.17. The Kier molecular flexibility index (Phi) is 3.71. The Morgan fingerprint density at radius 1 is 1.50 bits per heavy atom. The molecule has 2 nitrogen and oxygen atoms in total. The van der Waals surface area contributed by atoms with Crippen LogP contribution in [-0.2, 0) is 12.5 Å². The highest BCUT2D eigenvalue weighted by atomic mass is 35.5. The molecule has 0 aromatic carbocycles. The quantitative estimate of drug-likeness (QED) is 0.633. The summed E-state index contributed by atoms with van der Waals surface area (Å²) in [6, 6.07) is 0.992. The Morgan fingerprint density at radius 2 is 2.14 bits per heavy atom. The van der Waals surface area contributed by atoms with E-state index in [2.05, 4.69) is 4.98 Å². The van der Waals surface area contributed by atoms with Gasteiger partial charge in [-0.25, -0.2) is 13.8 Å². The van der Waals surface area contributed by atoms with Crippen LogP contribution in [0.2, 0.25) is 0 Å². The first-order valence-corrected chi connectivity index (χ1v) is 4.26. The van der Waals surface area contributed by atoms with E-state index >= 15 is 0 Å². The smallest absolute Gasteiger partial charge is 0.264 e. The highest BCUT2D eigenvalue weighted by molar-refractivity contribution is 6.16. The third kappa shape index (κ3) is 2.16. The lowest BCUT2D eigenvalue weighted by Gasteiger charge is -2.08. The topological polar surface area (TPSA) is 33.1 Å². The maximum atomic E-state index is 13.0. The molecule has 0 bridgehead atoms. The average Bonchev–Trinajstić information content (AvgIpc) is 2.16. The van der Waals surface area contributed by atoms with Crippen LogP contribution in [0.15, 0.2) is 6.07 Å². The molecule has 1 aromatic heterocycles. The standard InChI is InChI=1S/C8H7ClF3NO/c9-2-4-1-5(7(10)11)6(3-14)8(12)13-4/h1,7,14H,2-3H2. The van der Waals surface area contributed by atoms with Gasteiger partial charge in [0.25, 0.3) is 6.43 Å². The third-order valence-electron chi connectivity index (χ3n) is 1.69. The molecule has 78 valence electrons. The molecule has 0 amide bonds. The highest BCUT2D eigenvalue weighted by Crippen LogP contribution is 2.25. The highest BCUT2D eigenvalue weighted by Gasteiger charge is 2.18.